The third kappa shape index (κ3) is 2.74. The predicted molar refractivity (Wildman–Crippen MR) is 76.8 cm³/mol. The molecule has 1 aliphatic heterocycles. The number of carbonyl (C=O) groups is 1. The van der Waals surface area contributed by atoms with Gasteiger partial charge in [0.2, 0.25) is 0 Å². The molecule has 2 rings (SSSR count). The molecule has 1 fully saturated rings. The molecule has 1 aromatic rings. The van der Waals surface area contributed by atoms with E-state index in [-0.39, 0.29) is 5.78 Å². The van der Waals surface area contributed by atoms with Gasteiger partial charge in [-0.2, -0.15) is 0 Å². The summed E-state index contributed by atoms with van der Waals surface area (Å²) in [5.41, 5.74) is 0.973. The van der Waals surface area contributed by atoms with Gasteiger partial charge in [0.1, 0.15) is 0 Å². The van der Waals surface area contributed by atoms with Gasteiger partial charge < -0.3 is 4.90 Å². The maximum absolute atomic E-state index is 11.7. The minimum absolute atomic E-state index is 0.146. The molecule has 1 aliphatic rings. The Bertz CT molecular complexity index is 439. The maximum atomic E-state index is 11.7. The predicted octanol–water partition coefficient (Wildman–Crippen LogP) is 3.71. The number of thiazole rings is 1. The zero-order chi connectivity index (χ0) is 13.3. The van der Waals surface area contributed by atoms with Crippen LogP contribution in [0, 0.1) is 5.92 Å². The van der Waals surface area contributed by atoms with Gasteiger partial charge in [0.15, 0.2) is 10.9 Å². The van der Waals surface area contributed by atoms with Gasteiger partial charge in [-0.25, -0.2) is 4.98 Å². The molecule has 1 aromatic heterocycles. The molecule has 0 spiro atoms. The van der Waals surface area contributed by atoms with E-state index in [0.29, 0.717) is 5.92 Å². The topological polar surface area (TPSA) is 33.2 Å². The number of anilines is 1. The van der Waals surface area contributed by atoms with Crippen molar-refractivity contribution in [3.05, 3.63) is 10.6 Å². The average molecular weight is 266 g/mol. The molecule has 1 atom stereocenters. The number of piperidine rings is 1. The fourth-order valence-corrected chi connectivity index (χ4v) is 3.61. The number of hydrogen-bond donors (Lipinski definition) is 0. The van der Waals surface area contributed by atoms with Crippen LogP contribution in [0.1, 0.15) is 61.8 Å². The molecule has 1 unspecified atom stereocenters. The lowest BCUT2D eigenvalue weighted by molar-refractivity contribution is 0.102. The van der Waals surface area contributed by atoms with E-state index in [2.05, 4.69) is 25.7 Å². The average Bonchev–Trinajstić information content (AvgIpc) is 2.73. The van der Waals surface area contributed by atoms with Crippen LogP contribution in [0.4, 0.5) is 5.13 Å². The molecule has 100 valence electrons. The van der Waals surface area contributed by atoms with Gasteiger partial charge in [-0.1, -0.05) is 32.1 Å². The van der Waals surface area contributed by atoms with E-state index < -0.39 is 0 Å². The second-order valence-electron chi connectivity index (χ2n) is 5.62. The van der Waals surface area contributed by atoms with E-state index in [1.54, 1.807) is 18.3 Å². The summed E-state index contributed by atoms with van der Waals surface area (Å²) in [5.74, 6) is 1.19. The molecule has 0 N–H and O–H groups in total. The van der Waals surface area contributed by atoms with E-state index in [9.17, 15) is 4.79 Å². The summed E-state index contributed by atoms with van der Waals surface area (Å²) < 4.78 is 0. The molecule has 0 saturated carbocycles. The monoisotopic (exact) mass is 266 g/mol. The number of nitrogens with zero attached hydrogens (tertiary/aromatic N) is 2. The van der Waals surface area contributed by atoms with Crippen molar-refractivity contribution in [1.29, 1.82) is 0 Å². The largest absolute Gasteiger partial charge is 0.348 e. The lowest BCUT2D eigenvalue weighted by Crippen LogP contribution is -2.34. The second kappa shape index (κ2) is 5.39. The first-order chi connectivity index (χ1) is 8.49. The first-order valence-corrected chi connectivity index (χ1v) is 7.57. The molecule has 0 bridgehead atoms. The number of hydrogen-bond acceptors (Lipinski definition) is 4. The molecule has 1 saturated heterocycles. The van der Waals surface area contributed by atoms with Crippen molar-refractivity contribution in [3.8, 4) is 0 Å². The van der Waals surface area contributed by atoms with Crippen molar-refractivity contribution < 1.29 is 4.79 Å². The zero-order valence-electron chi connectivity index (χ0n) is 11.7. The number of ketones is 1. The second-order valence-corrected chi connectivity index (χ2v) is 6.59. The van der Waals surface area contributed by atoms with Crippen molar-refractivity contribution in [3.63, 3.8) is 0 Å². The molecular formula is C14H22N2OS. The summed E-state index contributed by atoms with van der Waals surface area (Å²) in [4.78, 5) is 19.6. The van der Waals surface area contributed by atoms with Crippen LogP contribution in [0.25, 0.3) is 0 Å². The smallest absolute Gasteiger partial charge is 0.186 e. The van der Waals surface area contributed by atoms with Gasteiger partial charge in [0, 0.05) is 20.0 Å². The van der Waals surface area contributed by atoms with Crippen molar-refractivity contribution in [2.24, 2.45) is 5.92 Å². The quantitative estimate of drug-likeness (QED) is 0.782. The Morgan fingerprint density at radius 1 is 1.50 bits per heavy atom. The molecule has 0 radical (unpaired) electrons. The number of aromatic nitrogens is 1. The highest BCUT2D eigenvalue weighted by Gasteiger charge is 2.23. The van der Waals surface area contributed by atoms with Crippen molar-refractivity contribution in [1.82, 2.24) is 4.98 Å². The Balaban J connectivity index is 2.28. The highest BCUT2D eigenvalue weighted by molar-refractivity contribution is 7.17. The van der Waals surface area contributed by atoms with Crippen molar-refractivity contribution in [2.45, 2.75) is 46.5 Å². The minimum atomic E-state index is 0.146. The van der Waals surface area contributed by atoms with E-state index in [4.69, 9.17) is 4.98 Å². The Labute approximate surface area is 113 Å². The highest BCUT2D eigenvalue weighted by Crippen LogP contribution is 2.33. The number of carbonyl (C=O) groups excluding carboxylic acids is 1. The van der Waals surface area contributed by atoms with E-state index in [0.717, 1.165) is 34.7 Å². The Morgan fingerprint density at radius 2 is 2.22 bits per heavy atom. The lowest BCUT2D eigenvalue weighted by atomic mass is 10.0. The molecule has 0 aliphatic carbocycles. The van der Waals surface area contributed by atoms with Crippen LogP contribution in [0.3, 0.4) is 0 Å². The summed E-state index contributed by atoms with van der Waals surface area (Å²) in [6.45, 7) is 10.3. The summed E-state index contributed by atoms with van der Waals surface area (Å²) in [6, 6.07) is 0. The minimum Gasteiger partial charge on any atom is -0.348 e. The van der Waals surface area contributed by atoms with Gasteiger partial charge in [0.05, 0.1) is 10.6 Å². The van der Waals surface area contributed by atoms with Crippen LogP contribution in [0.2, 0.25) is 0 Å². The van der Waals surface area contributed by atoms with Gasteiger partial charge in [0.25, 0.3) is 0 Å². The third-order valence-electron chi connectivity index (χ3n) is 3.44. The van der Waals surface area contributed by atoms with Crippen LogP contribution >= 0.6 is 11.3 Å². The fourth-order valence-electron chi connectivity index (χ4n) is 2.46. The lowest BCUT2D eigenvalue weighted by Gasteiger charge is -2.30. The van der Waals surface area contributed by atoms with E-state index >= 15 is 0 Å². The van der Waals surface area contributed by atoms with Gasteiger partial charge in [-0.3, -0.25) is 4.79 Å². The van der Waals surface area contributed by atoms with E-state index in [1.807, 2.05) is 0 Å². The Hall–Kier alpha value is -0.900. The standard InChI is InChI=1S/C14H22N2OS/c1-9(2)12-13(11(4)17)18-14(15-12)16-7-5-6-10(3)8-16/h9-10H,5-8H2,1-4H3. The van der Waals surface area contributed by atoms with Gasteiger partial charge >= 0.3 is 0 Å². The maximum Gasteiger partial charge on any atom is 0.186 e. The van der Waals surface area contributed by atoms with E-state index in [1.165, 1.54) is 12.8 Å². The number of Topliss-reactive ketones (excluding diaryl/α,β-unsaturated/α-hetero) is 1. The van der Waals surface area contributed by atoms with Gasteiger partial charge in [-0.15, -0.1) is 0 Å². The molecule has 0 aromatic carbocycles. The van der Waals surface area contributed by atoms with Gasteiger partial charge in [-0.05, 0) is 24.7 Å². The summed E-state index contributed by atoms with van der Waals surface area (Å²) in [6.07, 6.45) is 2.53. The molecule has 18 heavy (non-hydrogen) atoms. The first kappa shape index (κ1) is 13.5. The van der Waals surface area contributed by atoms with Crippen LogP contribution in [-0.4, -0.2) is 23.9 Å². The zero-order valence-corrected chi connectivity index (χ0v) is 12.5. The molecule has 0 amide bonds. The van der Waals surface area contributed by atoms with Crippen molar-refractivity contribution in [2.75, 3.05) is 18.0 Å². The fraction of sp³-hybridized carbons (Fsp3) is 0.714. The Kier molecular flexibility index (Phi) is 4.05. The molecule has 4 heteroatoms. The normalized spacial score (nSPS) is 20.5. The van der Waals surface area contributed by atoms with Crippen LogP contribution in [0.15, 0.2) is 0 Å². The highest BCUT2D eigenvalue weighted by atomic mass is 32.1. The Morgan fingerprint density at radius 3 is 2.72 bits per heavy atom. The summed E-state index contributed by atoms with van der Waals surface area (Å²) >= 11 is 1.57. The van der Waals surface area contributed by atoms with Crippen LogP contribution < -0.4 is 4.90 Å². The summed E-state index contributed by atoms with van der Waals surface area (Å²) in [5, 5.41) is 1.04. The third-order valence-corrected chi connectivity index (χ3v) is 4.67. The first-order valence-electron chi connectivity index (χ1n) is 6.75. The molecular weight excluding hydrogens is 244 g/mol. The molecule has 3 nitrogen and oxygen atoms in total. The van der Waals surface area contributed by atoms with Crippen LogP contribution in [-0.2, 0) is 0 Å². The SMILES string of the molecule is CC(=O)c1sc(N2CCCC(C)C2)nc1C(C)C. The van der Waals surface area contributed by atoms with Crippen molar-refractivity contribution >= 4 is 22.3 Å². The molecule has 2 heterocycles. The van der Waals surface area contributed by atoms with Crippen LogP contribution in [0.5, 0.6) is 0 Å². The summed E-state index contributed by atoms with van der Waals surface area (Å²) in [7, 11) is 0. The number of rotatable bonds is 3.